The number of fused-ring (bicyclic) bond motifs is 1. The van der Waals surface area contributed by atoms with Crippen LogP contribution in [0.3, 0.4) is 0 Å². The SMILES string of the molecule is CCCCCc1ccc(S(=O)(=O)Nc2ccc3c(c2)S(=O)(=O)C=C3)cc1. The van der Waals surface area contributed by atoms with Gasteiger partial charge >= 0.3 is 0 Å². The van der Waals surface area contributed by atoms with Crippen molar-refractivity contribution < 1.29 is 16.8 Å². The maximum absolute atomic E-state index is 12.6. The van der Waals surface area contributed by atoms with Crippen LogP contribution in [0.4, 0.5) is 5.69 Å². The van der Waals surface area contributed by atoms with Gasteiger partial charge in [0.05, 0.1) is 15.5 Å². The van der Waals surface area contributed by atoms with E-state index in [4.69, 9.17) is 0 Å². The second kappa shape index (κ2) is 7.25. The molecular formula is C19H21NO4S2. The molecule has 0 aromatic heterocycles. The number of aryl methyl sites for hydroxylation is 1. The molecule has 0 bridgehead atoms. The van der Waals surface area contributed by atoms with E-state index in [-0.39, 0.29) is 15.5 Å². The fraction of sp³-hybridized carbons (Fsp3) is 0.263. The van der Waals surface area contributed by atoms with Gasteiger partial charge in [-0.25, -0.2) is 16.8 Å². The molecule has 138 valence electrons. The summed E-state index contributed by atoms with van der Waals surface area (Å²) in [5, 5.41) is 1.12. The molecule has 2 aromatic carbocycles. The summed E-state index contributed by atoms with van der Waals surface area (Å²) in [6.45, 7) is 2.14. The van der Waals surface area contributed by atoms with Gasteiger partial charge in [-0.15, -0.1) is 0 Å². The summed E-state index contributed by atoms with van der Waals surface area (Å²) in [5.41, 5.74) is 1.89. The van der Waals surface area contributed by atoms with Crippen LogP contribution in [0.15, 0.2) is 57.7 Å². The lowest BCUT2D eigenvalue weighted by Crippen LogP contribution is -2.13. The number of sulfonamides is 1. The first-order valence-electron chi connectivity index (χ1n) is 8.51. The molecule has 0 radical (unpaired) electrons. The van der Waals surface area contributed by atoms with Crippen LogP contribution < -0.4 is 4.72 Å². The van der Waals surface area contributed by atoms with Crippen molar-refractivity contribution in [1.29, 1.82) is 0 Å². The van der Waals surface area contributed by atoms with Gasteiger partial charge in [0.25, 0.3) is 10.0 Å². The predicted molar refractivity (Wildman–Crippen MR) is 103 cm³/mol. The lowest BCUT2D eigenvalue weighted by molar-refractivity contribution is 0.600. The fourth-order valence-electron chi connectivity index (χ4n) is 2.85. The highest BCUT2D eigenvalue weighted by atomic mass is 32.2. The minimum Gasteiger partial charge on any atom is -0.280 e. The minimum absolute atomic E-state index is 0.115. The monoisotopic (exact) mass is 391 g/mol. The van der Waals surface area contributed by atoms with Gasteiger partial charge in [-0.3, -0.25) is 4.72 Å². The third-order valence-electron chi connectivity index (χ3n) is 4.30. The molecule has 2 aromatic rings. The van der Waals surface area contributed by atoms with E-state index in [9.17, 15) is 16.8 Å². The van der Waals surface area contributed by atoms with Crippen LogP contribution in [0.1, 0.15) is 37.3 Å². The molecule has 0 saturated carbocycles. The van der Waals surface area contributed by atoms with Crippen molar-refractivity contribution in [3.05, 3.63) is 59.0 Å². The van der Waals surface area contributed by atoms with Gasteiger partial charge in [0.1, 0.15) is 0 Å². The largest absolute Gasteiger partial charge is 0.280 e. The Morgan fingerprint density at radius 1 is 1.00 bits per heavy atom. The van der Waals surface area contributed by atoms with Gasteiger partial charge in [-0.05, 0) is 54.3 Å². The first kappa shape index (κ1) is 18.7. The highest BCUT2D eigenvalue weighted by molar-refractivity contribution is 7.95. The van der Waals surface area contributed by atoms with Crippen LogP contribution in [0, 0.1) is 0 Å². The van der Waals surface area contributed by atoms with E-state index in [1.165, 1.54) is 12.1 Å². The highest BCUT2D eigenvalue weighted by Crippen LogP contribution is 2.30. The molecule has 3 rings (SSSR count). The standard InChI is InChI=1S/C19H21NO4S2/c1-2-3-4-5-15-6-10-18(11-7-15)26(23,24)20-17-9-8-16-12-13-25(21,22)19(16)14-17/h6-14,20H,2-5H2,1H3. The first-order chi connectivity index (χ1) is 12.3. The summed E-state index contributed by atoms with van der Waals surface area (Å²) in [4.78, 5) is 0.266. The Labute approximate surface area is 154 Å². The summed E-state index contributed by atoms with van der Waals surface area (Å²) >= 11 is 0. The molecule has 1 N–H and O–H groups in total. The number of nitrogens with one attached hydrogen (secondary N) is 1. The van der Waals surface area contributed by atoms with Gasteiger partial charge in [0, 0.05) is 5.41 Å². The van der Waals surface area contributed by atoms with Crippen LogP contribution in [0.25, 0.3) is 6.08 Å². The van der Waals surface area contributed by atoms with Crippen molar-refractivity contribution in [2.45, 2.75) is 42.4 Å². The number of benzene rings is 2. The van der Waals surface area contributed by atoms with Crippen LogP contribution in [-0.4, -0.2) is 16.8 Å². The average Bonchev–Trinajstić information content (AvgIpc) is 2.90. The topological polar surface area (TPSA) is 80.3 Å². The molecule has 1 aliphatic heterocycles. The number of sulfone groups is 1. The Morgan fingerprint density at radius 2 is 1.73 bits per heavy atom. The summed E-state index contributed by atoms with van der Waals surface area (Å²) in [6.07, 6.45) is 5.80. The van der Waals surface area contributed by atoms with Crippen molar-refractivity contribution in [1.82, 2.24) is 0 Å². The van der Waals surface area contributed by atoms with Gasteiger partial charge in [0.15, 0.2) is 0 Å². The summed E-state index contributed by atoms with van der Waals surface area (Å²) in [5.74, 6) is 0. The number of anilines is 1. The number of hydrogen-bond donors (Lipinski definition) is 1. The minimum atomic E-state index is -3.78. The van der Waals surface area contributed by atoms with Crippen LogP contribution in [0.2, 0.25) is 0 Å². The van der Waals surface area contributed by atoms with E-state index in [0.29, 0.717) is 5.56 Å². The highest BCUT2D eigenvalue weighted by Gasteiger charge is 2.22. The van der Waals surface area contributed by atoms with Crippen molar-refractivity contribution >= 4 is 31.6 Å². The third kappa shape index (κ3) is 3.99. The van der Waals surface area contributed by atoms with E-state index in [0.717, 1.165) is 36.7 Å². The molecule has 0 amide bonds. The molecule has 0 spiro atoms. The zero-order valence-electron chi connectivity index (χ0n) is 14.5. The van der Waals surface area contributed by atoms with Crippen molar-refractivity contribution in [3.8, 4) is 0 Å². The van der Waals surface area contributed by atoms with Crippen molar-refractivity contribution in [2.24, 2.45) is 0 Å². The van der Waals surface area contributed by atoms with E-state index in [1.54, 1.807) is 24.3 Å². The maximum Gasteiger partial charge on any atom is 0.261 e. The molecule has 1 aliphatic rings. The quantitative estimate of drug-likeness (QED) is 0.724. The third-order valence-corrected chi connectivity index (χ3v) is 7.16. The van der Waals surface area contributed by atoms with E-state index < -0.39 is 19.9 Å². The number of unbranched alkanes of at least 4 members (excludes halogenated alkanes) is 2. The molecule has 0 saturated heterocycles. The van der Waals surface area contributed by atoms with Gasteiger partial charge in [-0.1, -0.05) is 38.0 Å². The molecule has 1 heterocycles. The molecule has 26 heavy (non-hydrogen) atoms. The zero-order valence-corrected chi connectivity index (χ0v) is 16.1. The molecule has 5 nitrogen and oxygen atoms in total. The smallest absolute Gasteiger partial charge is 0.261 e. The van der Waals surface area contributed by atoms with Gasteiger partial charge in [-0.2, -0.15) is 0 Å². The first-order valence-corrected chi connectivity index (χ1v) is 11.5. The molecule has 0 fully saturated rings. The number of rotatable bonds is 7. The molecular weight excluding hydrogens is 370 g/mol. The average molecular weight is 392 g/mol. The van der Waals surface area contributed by atoms with E-state index in [2.05, 4.69) is 11.6 Å². The van der Waals surface area contributed by atoms with Crippen molar-refractivity contribution in [2.75, 3.05) is 4.72 Å². The number of hydrogen-bond acceptors (Lipinski definition) is 4. The van der Waals surface area contributed by atoms with Crippen LogP contribution in [0.5, 0.6) is 0 Å². The Hall–Kier alpha value is -2.12. The lowest BCUT2D eigenvalue weighted by Gasteiger charge is -2.10. The van der Waals surface area contributed by atoms with E-state index >= 15 is 0 Å². The van der Waals surface area contributed by atoms with Crippen molar-refractivity contribution in [3.63, 3.8) is 0 Å². The summed E-state index contributed by atoms with van der Waals surface area (Å²) in [7, 11) is -7.26. The zero-order chi connectivity index (χ0) is 18.8. The molecule has 0 aliphatic carbocycles. The normalized spacial score (nSPS) is 15.0. The Morgan fingerprint density at radius 3 is 2.42 bits per heavy atom. The summed E-state index contributed by atoms with van der Waals surface area (Å²) in [6, 6.07) is 11.3. The van der Waals surface area contributed by atoms with Crippen LogP contribution >= 0.6 is 0 Å². The second-order valence-electron chi connectivity index (χ2n) is 6.31. The second-order valence-corrected chi connectivity index (χ2v) is 9.79. The predicted octanol–water partition coefficient (Wildman–Crippen LogP) is 3.98. The Kier molecular flexibility index (Phi) is 5.20. The maximum atomic E-state index is 12.6. The lowest BCUT2D eigenvalue weighted by atomic mass is 10.1. The molecule has 0 atom stereocenters. The van der Waals surface area contributed by atoms with Gasteiger partial charge in [0.2, 0.25) is 9.84 Å². The van der Waals surface area contributed by atoms with Crippen LogP contribution in [-0.2, 0) is 26.3 Å². The molecule has 0 unspecified atom stereocenters. The van der Waals surface area contributed by atoms with Gasteiger partial charge < -0.3 is 0 Å². The molecule has 7 heteroatoms. The Balaban J connectivity index is 1.78. The summed E-state index contributed by atoms with van der Waals surface area (Å²) < 4.78 is 51.4. The van der Waals surface area contributed by atoms with E-state index in [1.807, 2.05) is 12.1 Å². The fourth-order valence-corrected chi connectivity index (χ4v) is 5.12. The Bertz CT molecular complexity index is 1040.